The van der Waals surface area contributed by atoms with E-state index in [4.69, 9.17) is 25.3 Å². The number of rotatable bonds is 5. The molecule has 0 atom stereocenters. The molecule has 1 aliphatic rings. The monoisotopic (exact) mass is 407 g/mol. The lowest BCUT2D eigenvalue weighted by Gasteiger charge is -2.11. The van der Waals surface area contributed by atoms with E-state index in [1.54, 1.807) is 24.3 Å². The molecule has 0 unspecified atom stereocenters. The van der Waals surface area contributed by atoms with Crippen LogP contribution in [0.5, 0.6) is 11.5 Å². The molecule has 3 rings (SSSR count). The lowest BCUT2D eigenvalue weighted by atomic mass is 10.1. The zero-order valence-corrected chi connectivity index (χ0v) is 15.9. The second kappa shape index (κ2) is 7.42. The molecule has 0 N–H and O–H groups in total. The van der Waals surface area contributed by atoms with E-state index in [0.717, 1.165) is 6.26 Å². The highest BCUT2D eigenvalue weighted by atomic mass is 35.5. The fourth-order valence-electron chi connectivity index (χ4n) is 2.33. The van der Waals surface area contributed by atoms with E-state index in [-0.39, 0.29) is 28.1 Å². The molecule has 1 heterocycles. The number of methoxy groups -OCH3 is 1. The maximum atomic E-state index is 12.1. The highest BCUT2D eigenvalue weighted by Crippen LogP contribution is 2.38. The van der Waals surface area contributed by atoms with Gasteiger partial charge in [-0.2, -0.15) is 8.42 Å². The van der Waals surface area contributed by atoms with E-state index in [1.807, 2.05) is 6.07 Å². The quantitative estimate of drug-likeness (QED) is 0.430. The molecule has 0 spiro atoms. The molecule has 27 heavy (non-hydrogen) atoms. The smallest absolute Gasteiger partial charge is 0.363 e. The third-order valence-electron chi connectivity index (χ3n) is 3.43. The Kier molecular flexibility index (Phi) is 5.20. The minimum absolute atomic E-state index is 0.00486. The average molecular weight is 408 g/mol. The summed E-state index contributed by atoms with van der Waals surface area (Å²) in [6, 6.07) is 11.9. The van der Waals surface area contributed by atoms with Crippen LogP contribution in [-0.4, -0.2) is 33.7 Å². The van der Waals surface area contributed by atoms with Crippen molar-refractivity contribution in [2.75, 3.05) is 13.4 Å². The maximum Gasteiger partial charge on any atom is 0.363 e. The van der Waals surface area contributed by atoms with Crippen molar-refractivity contribution in [2.24, 2.45) is 4.99 Å². The second-order valence-corrected chi connectivity index (χ2v) is 7.51. The first-order valence-electron chi connectivity index (χ1n) is 7.62. The van der Waals surface area contributed by atoms with Gasteiger partial charge in [0, 0.05) is 5.56 Å². The van der Waals surface area contributed by atoms with E-state index in [2.05, 4.69) is 4.99 Å². The number of cyclic esters (lactones) is 1. The standard InChI is InChI=1S/C18H14ClNO6S/c1-24-15-10-11(8-13(19)16(15)26-27(2,22)23)9-14-18(21)25-17(20-14)12-6-4-3-5-7-12/h3-10H,1-2H3/b14-9-. The van der Waals surface area contributed by atoms with Crippen LogP contribution in [0.25, 0.3) is 6.08 Å². The van der Waals surface area contributed by atoms with Crippen LogP contribution in [-0.2, 0) is 19.6 Å². The topological polar surface area (TPSA) is 91.3 Å². The molecular weight excluding hydrogens is 394 g/mol. The van der Waals surface area contributed by atoms with Gasteiger partial charge in [-0.3, -0.25) is 0 Å². The van der Waals surface area contributed by atoms with Crippen LogP contribution in [0.1, 0.15) is 11.1 Å². The lowest BCUT2D eigenvalue weighted by Crippen LogP contribution is -2.07. The van der Waals surface area contributed by atoms with Gasteiger partial charge in [0.25, 0.3) is 0 Å². The predicted molar refractivity (Wildman–Crippen MR) is 101 cm³/mol. The summed E-state index contributed by atoms with van der Waals surface area (Å²) in [6.07, 6.45) is 2.35. The summed E-state index contributed by atoms with van der Waals surface area (Å²) in [5.74, 6) is -0.452. The number of ether oxygens (including phenoxy) is 2. The van der Waals surface area contributed by atoms with Crippen molar-refractivity contribution >= 4 is 39.7 Å². The van der Waals surface area contributed by atoms with Gasteiger partial charge in [0.2, 0.25) is 11.6 Å². The van der Waals surface area contributed by atoms with Crippen LogP contribution in [0, 0.1) is 0 Å². The van der Waals surface area contributed by atoms with E-state index in [9.17, 15) is 13.2 Å². The van der Waals surface area contributed by atoms with Gasteiger partial charge in [-0.1, -0.05) is 29.8 Å². The number of hydrogen-bond donors (Lipinski definition) is 0. The van der Waals surface area contributed by atoms with Gasteiger partial charge in [-0.15, -0.1) is 0 Å². The van der Waals surface area contributed by atoms with Crippen LogP contribution in [0.15, 0.2) is 53.2 Å². The van der Waals surface area contributed by atoms with Crippen molar-refractivity contribution in [3.8, 4) is 11.5 Å². The largest absolute Gasteiger partial charge is 0.493 e. The Labute approximate surface area is 161 Å². The van der Waals surface area contributed by atoms with Crippen molar-refractivity contribution in [3.05, 3.63) is 64.3 Å². The summed E-state index contributed by atoms with van der Waals surface area (Å²) in [7, 11) is -2.45. The van der Waals surface area contributed by atoms with Crippen LogP contribution in [0.3, 0.4) is 0 Å². The van der Waals surface area contributed by atoms with E-state index < -0.39 is 16.1 Å². The molecule has 1 aliphatic heterocycles. The summed E-state index contributed by atoms with van der Waals surface area (Å²) in [6.45, 7) is 0. The minimum atomic E-state index is -3.79. The molecule has 140 valence electrons. The molecule has 0 bridgehead atoms. The van der Waals surface area contributed by atoms with E-state index >= 15 is 0 Å². The number of carbonyl (C=O) groups excluding carboxylic acids is 1. The molecule has 2 aromatic carbocycles. The van der Waals surface area contributed by atoms with Gasteiger partial charge in [-0.05, 0) is 35.9 Å². The fraction of sp³-hybridized carbons (Fsp3) is 0.111. The van der Waals surface area contributed by atoms with E-state index in [1.165, 1.54) is 25.3 Å². The van der Waals surface area contributed by atoms with Gasteiger partial charge in [0.15, 0.2) is 11.4 Å². The number of esters is 1. The van der Waals surface area contributed by atoms with Crippen molar-refractivity contribution in [1.29, 1.82) is 0 Å². The number of benzene rings is 2. The van der Waals surface area contributed by atoms with Gasteiger partial charge in [0.1, 0.15) is 0 Å². The number of carbonyl (C=O) groups is 1. The van der Waals surface area contributed by atoms with Gasteiger partial charge in [-0.25, -0.2) is 9.79 Å². The third-order valence-corrected chi connectivity index (χ3v) is 4.18. The van der Waals surface area contributed by atoms with Crippen LogP contribution in [0.2, 0.25) is 5.02 Å². The number of halogens is 1. The lowest BCUT2D eigenvalue weighted by molar-refractivity contribution is -0.129. The summed E-state index contributed by atoms with van der Waals surface area (Å²) in [5.41, 5.74) is 1.20. The molecule has 0 fully saturated rings. The van der Waals surface area contributed by atoms with Crippen LogP contribution in [0.4, 0.5) is 0 Å². The number of aliphatic imine (C=N–C) groups is 1. The normalized spacial score (nSPS) is 15.4. The zero-order chi connectivity index (χ0) is 19.6. The van der Waals surface area contributed by atoms with Crippen molar-refractivity contribution < 1.29 is 26.9 Å². The second-order valence-electron chi connectivity index (χ2n) is 5.52. The molecule has 7 nitrogen and oxygen atoms in total. The predicted octanol–water partition coefficient (Wildman–Crippen LogP) is 3.03. The SMILES string of the molecule is COc1cc(/C=C2\N=C(c3ccccc3)OC2=O)cc(Cl)c1OS(C)(=O)=O. The molecule has 0 aromatic heterocycles. The minimum Gasteiger partial charge on any atom is -0.493 e. The first-order chi connectivity index (χ1) is 12.8. The van der Waals surface area contributed by atoms with Gasteiger partial charge < -0.3 is 13.7 Å². The summed E-state index contributed by atoms with van der Waals surface area (Å²) in [4.78, 5) is 16.3. The van der Waals surface area contributed by atoms with Crippen LogP contribution < -0.4 is 8.92 Å². The summed E-state index contributed by atoms with van der Waals surface area (Å²) in [5, 5.41) is 0.00486. The average Bonchev–Trinajstić information content (AvgIpc) is 2.97. The molecule has 0 amide bonds. The van der Waals surface area contributed by atoms with Gasteiger partial charge in [0.05, 0.1) is 18.4 Å². The first-order valence-corrected chi connectivity index (χ1v) is 9.81. The molecular formula is C18H14ClNO6S. The Bertz CT molecular complexity index is 1060. The molecule has 0 aliphatic carbocycles. The van der Waals surface area contributed by atoms with E-state index in [0.29, 0.717) is 11.1 Å². The van der Waals surface area contributed by atoms with Crippen LogP contribution >= 0.6 is 11.6 Å². The highest BCUT2D eigenvalue weighted by molar-refractivity contribution is 7.86. The Morgan fingerprint density at radius 2 is 1.89 bits per heavy atom. The summed E-state index contributed by atoms with van der Waals surface area (Å²) < 4.78 is 37.9. The highest BCUT2D eigenvalue weighted by Gasteiger charge is 2.24. The maximum absolute atomic E-state index is 12.1. The third kappa shape index (κ3) is 4.47. The number of hydrogen-bond acceptors (Lipinski definition) is 7. The molecule has 0 saturated carbocycles. The first kappa shape index (κ1) is 18.9. The number of nitrogens with zero attached hydrogens (tertiary/aromatic N) is 1. The Morgan fingerprint density at radius 3 is 2.52 bits per heavy atom. The molecule has 0 radical (unpaired) electrons. The summed E-state index contributed by atoms with van der Waals surface area (Å²) >= 11 is 6.12. The Morgan fingerprint density at radius 1 is 1.19 bits per heavy atom. The molecule has 0 saturated heterocycles. The van der Waals surface area contributed by atoms with Crippen molar-refractivity contribution in [1.82, 2.24) is 0 Å². The molecule has 9 heteroatoms. The fourth-order valence-corrected chi connectivity index (χ4v) is 3.10. The van der Waals surface area contributed by atoms with Crippen molar-refractivity contribution in [2.45, 2.75) is 0 Å². The Hall–Kier alpha value is -2.84. The zero-order valence-electron chi connectivity index (χ0n) is 14.3. The molecule has 2 aromatic rings. The van der Waals surface area contributed by atoms with Gasteiger partial charge >= 0.3 is 16.1 Å². The Balaban J connectivity index is 1.98. The van der Waals surface area contributed by atoms with Crippen molar-refractivity contribution in [3.63, 3.8) is 0 Å².